The first-order valence-electron chi connectivity index (χ1n) is 4.46. The van der Waals surface area contributed by atoms with Gasteiger partial charge >= 0.3 is 0 Å². The number of hydrogen-bond acceptors (Lipinski definition) is 7. The van der Waals surface area contributed by atoms with Crippen LogP contribution in [0.3, 0.4) is 0 Å². The molecule has 1 unspecified atom stereocenters. The van der Waals surface area contributed by atoms with E-state index in [-0.39, 0.29) is 12.6 Å². The molecule has 7 nitrogen and oxygen atoms in total. The first kappa shape index (κ1) is 11.5. The Balaban J connectivity index is 2.95. The van der Waals surface area contributed by atoms with Gasteiger partial charge in [-0.05, 0) is 6.92 Å². The summed E-state index contributed by atoms with van der Waals surface area (Å²) in [4.78, 5) is 7.88. The quantitative estimate of drug-likeness (QED) is 0.388. The van der Waals surface area contributed by atoms with Gasteiger partial charge in [-0.15, -0.1) is 0 Å². The average Bonchev–Trinajstić information content (AvgIpc) is 2.28. The first-order chi connectivity index (χ1) is 7.22. The molecule has 1 aromatic rings. The highest BCUT2D eigenvalue weighted by atomic mass is 16.5. The molecule has 0 radical (unpaired) electrons. The molecule has 0 aliphatic rings. The van der Waals surface area contributed by atoms with Crippen molar-refractivity contribution in [2.75, 3.05) is 24.5 Å². The van der Waals surface area contributed by atoms with Gasteiger partial charge in [0.2, 0.25) is 5.75 Å². The summed E-state index contributed by atoms with van der Waals surface area (Å²) in [6, 6.07) is -0.126. The maximum atomic E-state index is 8.90. The number of aromatic nitrogens is 2. The van der Waals surface area contributed by atoms with Gasteiger partial charge in [0.25, 0.3) is 0 Å². The monoisotopic (exact) mass is 213 g/mol. The molecule has 1 heterocycles. The molecule has 0 bridgehead atoms. The molecule has 0 aliphatic heterocycles. The number of anilines is 2. The fourth-order valence-electron chi connectivity index (χ4n) is 1.05. The van der Waals surface area contributed by atoms with Crippen LogP contribution in [0, 0.1) is 0 Å². The van der Waals surface area contributed by atoms with Crippen molar-refractivity contribution in [1.82, 2.24) is 9.97 Å². The van der Waals surface area contributed by atoms with E-state index in [4.69, 9.17) is 15.7 Å². The number of methoxy groups -OCH3 is 1. The van der Waals surface area contributed by atoms with Gasteiger partial charge < -0.3 is 20.6 Å². The van der Waals surface area contributed by atoms with Crippen LogP contribution in [0.1, 0.15) is 6.92 Å². The molecule has 0 aromatic carbocycles. The van der Waals surface area contributed by atoms with Crippen LogP contribution < -0.4 is 21.3 Å². The van der Waals surface area contributed by atoms with E-state index in [1.165, 1.54) is 13.4 Å². The van der Waals surface area contributed by atoms with Crippen LogP contribution in [0.2, 0.25) is 0 Å². The summed E-state index contributed by atoms with van der Waals surface area (Å²) >= 11 is 0. The number of hydrazine groups is 1. The fraction of sp³-hybridized carbons (Fsp3) is 0.500. The van der Waals surface area contributed by atoms with E-state index >= 15 is 0 Å². The SMILES string of the molecule is COc1c(NN)ncnc1NC(C)CO. The van der Waals surface area contributed by atoms with Gasteiger partial charge in [-0.1, -0.05) is 0 Å². The number of nitrogens with two attached hydrogens (primary N) is 1. The zero-order chi connectivity index (χ0) is 11.3. The number of rotatable bonds is 5. The second-order valence-corrected chi connectivity index (χ2v) is 2.98. The smallest absolute Gasteiger partial charge is 0.205 e. The minimum atomic E-state index is -0.126. The number of nitrogens with one attached hydrogen (secondary N) is 2. The Hall–Kier alpha value is -1.60. The summed E-state index contributed by atoms with van der Waals surface area (Å²) in [5.41, 5.74) is 2.40. The summed E-state index contributed by atoms with van der Waals surface area (Å²) < 4.78 is 5.10. The molecule has 1 aromatic heterocycles. The second kappa shape index (κ2) is 5.32. The Morgan fingerprint density at radius 1 is 1.53 bits per heavy atom. The van der Waals surface area contributed by atoms with Crippen LogP contribution in [0.25, 0.3) is 0 Å². The normalized spacial score (nSPS) is 12.0. The van der Waals surface area contributed by atoms with Crippen molar-refractivity contribution in [1.29, 1.82) is 0 Å². The Kier molecular flexibility index (Phi) is 4.07. The van der Waals surface area contributed by atoms with Crippen LogP contribution in [-0.2, 0) is 0 Å². The van der Waals surface area contributed by atoms with Crippen molar-refractivity contribution in [3.63, 3.8) is 0 Å². The first-order valence-corrected chi connectivity index (χ1v) is 4.46. The van der Waals surface area contributed by atoms with Crippen molar-refractivity contribution in [3.8, 4) is 5.75 Å². The Morgan fingerprint density at radius 2 is 2.20 bits per heavy atom. The molecular weight excluding hydrogens is 198 g/mol. The Morgan fingerprint density at radius 3 is 2.73 bits per heavy atom. The molecule has 1 rings (SSSR count). The highest BCUT2D eigenvalue weighted by Crippen LogP contribution is 2.28. The molecular formula is C8H15N5O2. The molecule has 0 aliphatic carbocycles. The van der Waals surface area contributed by atoms with Gasteiger partial charge in [0.05, 0.1) is 13.7 Å². The zero-order valence-electron chi connectivity index (χ0n) is 8.69. The summed E-state index contributed by atoms with van der Waals surface area (Å²) in [6.07, 6.45) is 1.35. The van der Waals surface area contributed by atoms with Gasteiger partial charge in [-0.25, -0.2) is 15.8 Å². The summed E-state index contributed by atoms with van der Waals surface area (Å²) in [5.74, 6) is 6.55. The highest BCUT2D eigenvalue weighted by molar-refractivity contribution is 5.63. The predicted octanol–water partition coefficient (Wildman–Crippen LogP) is -0.437. The third-order valence-corrected chi connectivity index (χ3v) is 1.80. The average molecular weight is 213 g/mol. The molecule has 84 valence electrons. The fourth-order valence-corrected chi connectivity index (χ4v) is 1.05. The largest absolute Gasteiger partial charge is 0.490 e. The van der Waals surface area contributed by atoms with Gasteiger partial charge in [0.15, 0.2) is 11.6 Å². The molecule has 0 saturated carbocycles. The molecule has 0 amide bonds. The van der Waals surface area contributed by atoms with Crippen molar-refractivity contribution in [2.24, 2.45) is 5.84 Å². The third kappa shape index (κ3) is 2.67. The lowest BCUT2D eigenvalue weighted by atomic mass is 10.3. The molecule has 0 spiro atoms. The van der Waals surface area contributed by atoms with E-state index in [9.17, 15) is 0 Å². The number of ether oxygens (including phenoxy) is 1. The lowest BCUT2D eigenvalue weighted by Gasteiger charge is -2.15. The van der Waals surface area contributed by atoms with Crippen LogP contribution in [0.4, 0.5) is 11.6 Å². The summed E-state index contributed by atoms with van der Waals surface area (Å²) in [5, 5.41) is 11.9. The van der Waals surface area contributed by atoms with Gasteiger partial charge in [0, 0.05) is 6.04 Å². The maximum Gasteiger partial charge on any atom is 0.205 e. The van der Waals surface area contributed by atoms with Crippen LogP contribution >= 0.6 is 0 Å². The van der Waals surface area contributed by atoms with E-state index in [0.29, 0.717) is 17.4 Å². The third-order valence-electron chi connectivity index (χ3n) is 1.80. The van der Waals surface area contributed by atoms with Crippen LogP contribution in [-0.4, -0.2) is 34.8 Å². The lowest BCUT2D eigenvalue weighted by molar-refractivity contribution is 0.281. The lowest BCUT2D eigenvalue weighted by Crippen LogP contribution is -2.21. The summed E-state index contributed by atoms with van der Waals surface area (Å²) in [7, 11) is 1.49. The molecule has 0 fully saturated rings. The molecule has 7 heteroatoms. The van der Waals surface area contributed by atoms with Crippen LogP contribution in [0.5, 0.6) is 5.75 Å². The highest BCUT2D eigenvalue weighted by Gasteiger charge is 2.12. The van der Waals surface area contributed by atoms with E-state index in [0.717, 1.165) is 0 Å². The standard InChI is InChI=1S/C8H15N5O2/c1-5(3-14)12-7-6(15-2)8(13-9)11-4-10-7/h4-5,14H,3,9H2,1-2H3,(H2,10,11,12,13). The molecule has 1 atom stereocenters. The topological polar surface area (TPSA) is 105 Å². The molecule has 15 heavy (non-hydrogen) atoms. The van der Waals surface area contributed by atoms with Crippen molar-refractivity contribution < 1.29 is 9.84 Å². The number of aliphatic hydroxyl groups excluding tert-OH is 1. The maximum absolute atomic E-state index is 8.90. The van der Waals surface area contributed by atoms with Crippen molar-refractivity contribution in [2.45, 2.75) is 13.0 Å². The minimum Gasteiger partial charge on any atom is -0.490 e. The van der Waals surface area contributed by atoms with E-state index in [1.54, 1.807) is 0 Å². The van der Waals surface area contributed by atoms with Crippen molar-refractivity contribution >= 4 is 11.6 Å². The zero-order valence-corrected chi connectivity index (χ0v) is 8.69. The van der Waals surface area contributed by atoms with Gasteiger partial charge in [-0.2, -0.15) is 0 Å². The van der Waals surface area contributed by atoms with Crippen LogP contribution in [0.15, 0.2) is 6.33 Å². The summed E-state index contributed by atoms with van der Waals surface area (Å²) in [6.45, 7) is 1.82. The molecule has 5 N–H and O–H groups in total. The number of aliphatic hydroxyl groups is 1. The molecule has 0 saturated heterocycles. The number of nitrogen functional groups attached to an aromatic ring is 1. The van der Waals surface area contributed by atoms with E-state index in [2.05, 4.69) is 20.7 Å². The van der Waals surface area contributed by atoms with Gasteiger partial charge in [0.1, 0.15) is 6.33 Å². The minimum absolute atomic E-state index is 0.00144. The second-order valence-electron chi connectivity index (χ2n) is 2.98. The van der Waals surface area contributed by atoms with Crippen molar-refractivity contribution in [3.05, 3.63) is 6.33 Å². The Bertz CT molecular complexity index is 320. The van der Waals surface area contributed by atoms with Gasteiger partial charge in [-0.3, -0.25) is 0 Å². The number of nitrogens with zero attached hydrogens (tertiary/aromatic N) is 2. The Labute approximate surface area is 87.6 Å². The predicted molar refractivity (Wildman–Crippen MR) is 56.6 cm³/mol. The van der Waals surface area contributed by atoms with E-state index in [1.807, 2.05) is 6.92 Å². The van der Waals surface area contributed by atoms with E-state index < -0.39 is 0 Å². The number of hydrogen-bond donors (Lipinski definition) is 4.